The van der Waals surface area contributed by atoms with E-state index < -0.39 is 17.8 Å². The maximum absolute atomic E-state index is 13.6. The van der Waals surface area contributed by atoms with Crippen LogP contribution >= 0.6 is 0 Å². The van der Waals surface area contributed by atoms with Gasteiger partial charge in [-0.2, -0.15) is 18.2 Å². The molecule has 6 heteroatoms. The van der Waals surface area contributed by atoms with E-state index in [-0.39, 0.29) is 17.9 Å². The molecule has 1 unspecified atom stereocenters. The van der Waals surface area contributed by atoms with Gasteiger partial charge in [0.15, 0.2) is 6.04 Å². The van der Waals surface area contributed by atoms with Crippen LogP contribution in [0.15, 0.2) is 24.3 Å². The van der Waals surface area contributed by atoms with Gasteiger partial charge in [0.1, 0.15) is 0 Å². The average Bonchev–Trinajstić information content (AvgIpc) is 2.62. The van der Waals surface area contributed by atoms with Crippen molar-refractivity contribution in [3.63, 3.8) is 0 Å². The number of hydrazine groups is 1. The predicted octanol–water partition coefficient (Wildman–Crippen LogP) is 4.00. The van der Waals surface area contributed by atoms with Gasteiger partial charge in [0.2, 0.25) is 5.91 Å². The summed E-state index contributed by atoms with van der Waals surface area (Å²) >= 11 is 0. The van der Waals surface area contributed by atoms with Gasteiger partial charge >= 0.3 is 6.18 Å². The maximum atomic E-state index is 13.6. The number of benzene rings is 1. The number of nitrogens with zero attached hydrogens (tertiary/aromatic N) is 1. The Morgan fingerprint density at radius 1 is 1.22 bits per heavy atom. The molecule has 0 aliphatic carbocycles. The number of hydrogen-bond donors (Lipinski definition) is 1. The molecular formula is C17H23F3N2O. The van der Waals surface area contributed by atoms with E-state index in [2.05, 4.69) is 19.3 Å². The second-order valence-electron chi connectivity index (χ2n) is 7.18. The molecule has 1 aromatic rings. The van der Waals surface area contributed by atoms with Crippen LogP contribution in [0.1, 0.15) is 51.3 Å². The van der Waals surface area contributed by atoms with Crippen molar-refractivity contribution in [2.75, 3.05) is 0 Å². The Morgan fingerprint density at radius 2 is 1.78 bits per heavy atom. The van der Waals surface area contributed by atoms with Crippen molar-refractivity contribution >= 4 is 5.91 Å². The lowest BCUT2D eigenvalue weighted by atomic mass is 9.95. The fourth-order valence-electron chi connectivity index (χ4n) is 3.01. The smallest absolute Gasteiger partial charge is 0.287 e. The van der Waals surface area contributed by atoms with Crippen LogP contribution in [0.4, 0.5) is 13.2 Å². The number of amides is 1. The molecule has 1 saturated heterocycles. The zero-order valence-electron chi connectivity index (χ0n) is 13.9. The van der Waals surface area contributed by atoms with E-state index in [0.29, 0.717) is 5.92 Å². The quantitative estimate of drug-likeness (QED) is 0.906. The fourth-order valence-corrected chi connectivity index (χ4v) is 3.01. The van der Waals surface area contributed by atoms with Gasteiger partial charge in [0.05, 0.1) is 0 Å². The first kappa shape index (κ1) is 17.8. The molecule has 0 spiro atoms. The molecule has 1 amide bonds. The Balaban J connectivity index is 2.35. The molecule has 1 aliphatic rings. The Kier molecular flexibility index (Phi) is 4.76. The normalized spacial score (nSPS) is 19.9. The van der Waals surface area contributed by atoms with Crippen molar-refractivity contribution in [2.45, 2.75) is 58.3 Å². The largest absolute Gasteiger partial charge is 0.409 e. The SMILES string of the molecule is CC(C)Cc1ccc(C(N2NC(=O)CC2(C)C)C(F)(F)F)cc1. The molecule has 1 heterocycles. The summed E-state index contributed by atoms with van der Waals surface area (Å²) in [5, 5.41) is 1.03. The van der Waals surface area contributed by atoms with Crippen molar-refractivity contribution < 1.29 is 18.0 Å². The summed E-state index contributed by atoms with van der Waals surface area (Å²) in [7, 11) is 0. The van der Waals surface area contributed by atoms with E-state index in [4.69, 9.17) is 0 Å². The van der Waals surface area contributed by atoms with Crippen molar-refractivity contribution in [1.82, 2.24) is 10.4 Å². The highest BCUT2D eigenvalue weighted by molar-refractivity contribution is 5.79. The molecule has 1 N–H and O–H groups in total. The summed E-state index contributed by atoms with van der Waals surface area (Å²) in [6, 6.07) is 4.64. The van der Waals surface area contributed by atoms with Crippen LogP contribution in [0, 0.1) is 5.92 Å². The van der Waals surface area contributed by atoms with Gasteiger partial charge in [-0.25, -0.2) is 0 Å². The van der Waals surface area contributed by atoms with Crippen LogP contribution in [0.2, 0.25) is 0 Å². The minimum Gasteiger partial charge on any atom is -0.287 e. The summed E-state index contributed by atoms with van der Waals surface area (Å²) in [6.45, 7) is 7.40. The van der Waals surface area contributed by atoms with Gasteiger partial charge in [-0.15, -0.1) is 0 Å². The first-order chi connectivity index (χ1) is 10.5. The molecule has 0 saturated carbocycles. The van der Waals surface area contributed by atoms with Crippen LogP contribution in [0.5, 0.6) is 0 Å². The number of carbonyl (C=O) groups is 1. The predicted molar refractivity (Wildman–Crippen MR) is 82.5 cm³/mol. The zero-order chi connectivity index (χ0) is 17.4. The Bertz CT molecular complexity index is 564. The van der Waals surface area contributed by atoms with Gasteiger partial charge in [0.25, 0.3) is 0 Å². The molecule has 1 aromatic carbocycles. The molecule has 0 bridgehead atoms. The Morgan fingerprint density at radius 3 is 2.17 bits per heavy atom. The molecule has 1 atom stereocenters. The van der Waals surface area contributed by atoms with E-state index in [1.54, 1.807) is 26.0 Å². The van der Waals surface area contributed by atoms with Crippen LogP contribution < -0.4 is 5.43 Å². The molecule has 0 radical (unpaired) electrons. The van der Waals surface area contributed by atoms with Crippen LogP contribution in [0.25, 0.3) is 0 Å². The highest BCUT2D eigenvalue weighted by Gasteiger charge is 2.52. The number of hydrogen-bond acceptors (Lipinski definition) is 2. The van der Waals surface area contributed by atoms with Crippen LogP contribution in [-0.4, -0.2) is 22.6 Å². The summed E-state index contributed by atoms with van der Waals surface area (Å²) in [5.41, 5.74) is 2.62. The molecule has 0 aromatic heterocycles. The number of carbonyl (C=O) groups excluding carboxylic acids is 1. The number of alkyl halides is 3. The number of rotatable bonds is 4. The first-order valence-electron chi connectivity index (χ1n) is 7.75. The third kappa shape index (κ3) is 4.05. The Hall–Kier alpha value is -1.56. The number of halogens is 3. The lowest BCUT2D eigenvalue weighted by Gasteiger charge is -2.38. The van der Waals surface area contributed by atoms with E-state index in [9.17, 15) is 18.0 Å². The number of nitrogens with one attached hydrogen (secondary N) is 1. The molecule has 1 fully saturated rings. The van der Waals surface area contributed by atoms with Gasteiger partial charge < -0.3 is 0 Å². The maximum Gasteiger partial charge on any atom is 0.409 e. The second-order valence-corrected chi connectivity index (χ2v) is 7.18. The summed E-state index contributed by atoms with van der Waals surface area (Å²) in [6.07, 6.45) is -3.61. The van der Waals surface area contributed by atoms with Gasteiger partial charge in [0, 0.05) is 12.0 Å². The highest BCUT2D eigenvalue weighted by atomic mass is 19.4. The standard InChI is InChI=1S/C17H23F3N2O/c1-11(2)9-12-5-7-13(8-6-12)15(17(18,19)20)22-16(3,4)10-14(23)21-22/h5-8,11,15H,9-10H2,1-4H3,(H,21,23). The zero-order valence-corrected chi connectivity index (χ0v) is 13.9. The van der Waals surface area contributed by atoms with Crippen LogP contribution in [0.3, 0.4) is 0 Å². The molecule has 3 nitrogen and oxygen atoms in total. The topological polar surface area (TPSA) is 32.3 Å². The molecular weight excluding hydrogens is 305 g/mol. The molecule has 128 valence electrons. The first-order valence-corrected chi connectivity index (χ1v) is 7.75. The van der Waals surface area contributed by atoms with E-state index in [1.165, 1.54) is 12.1 Å². The Labute approximate surface area is 134 Å². The third-order valence-corrected chi connectivity index (χ3v) is 4.00. The minimum absolute atomic E-state index is 0.0466. The highest BCUT2D eigenvalue weighted by Crippen LogP contribution is 2.42. The summed E-state index contributed by atoms with van der Waals surface area (Å²) < 4.78 is 40.9. The van der Waals surface area contributed by atoms with Crippen LogP contribution in [-0.2, 0) is 11.2 Å². The average molecular weight is 328 g/mol. The second kappa shape index (κ2) is 6.15. The molecule has 1 aliphatic heterocycles. The minimum atomic E-state index is -4.48. The van der Waals surface area contributed by atoms with Gasteiger partial charge in [-0.3, -0.25) is 10.2 Å². The monoisotopic (exact) mass is 328 g/mol. The lowest BCUT2D eigenvalue weighted by Crippen LogP contribution is -2.51. The lowest BCUT2D eigenvalue weighted by molar-refractivity contribution is -0.203. The van der Waals surface area contributed by atoms with Crippen molar-refractivity contribution in [3.05, 3.63) is 35.4 Å². The summed E-state index contributed by atoms with van der Waals surface area (Å²) in [5.74, 6) is 0.0525. The van der Waals surface area contributed by atoms with Crippen molar-refractivity contribution in [2.24, 2.45) is 5.92 Å². The van der Waals surface area contributed by atoms with Gasteiger partial charge in [-0.05, 0) is 37.3 Å². The summed E-state index contributed by atoms with van der Waals surface area (Å²) in [4.78, 5) is 11.6. The molecule has 23 heavy (non-hydrogen) atoms. The fraction of sp³-hybridized carbons (Fsp3) is 0.588. The van der Waals surface area contributed by atoms with Crippen molar-refractivity contribution in [1.29, 1.82) is 0 Å². The van der Waals surface area contributed by atoms with E-state index in [1.807, 2.05) is 0 Å². The van der Waals surface area contributed by atoms with E-state index >= 15 is 0 Å². The van der Waals surface area contributed by atoms with E-state index in [0.717, 1.165) is 17.0 Å². The van der Waals surface area contributed by atoms with Gasteiger partial charge in [-0.1, -0.05) is 38.1 Å². The van der Waals surface area contributed by atoms with Crippen molar-refractivity contribution in [3.8, 4) is 0 Å². The third-order valence-electron chi connectivity index (χ3n) is 4.00. The molecule has 2 rings (SSSR count).